The van der Waals surface area contributed by atoms with E-state index in [2.05, 4.69) is 0 Å². The lowest BCUT2D eigenvalue weighted by molar-refractivity contribution is -0.143. The van der Waals surface area contributed by atoms with Gasteiger partial charge in [0.15, 0.2) is 15.1 Å². The molecule has 0 fully saturated rings. The molecule has 0 amide bonds. The molecule has 8 nitrogen and oxygen atoms in total. The lowest BCUT2D eigenvalue weighted by atomic mass is 10.2. The van der Waals surface area contributed by atoms with Gasteiger partial charge in [-0.1, -0.05) is 6.07 Å². The lowest BCUT2D eigenvalue weighted by Gasteiger charge is -2.11. The largest absolute Gasteiger partial charge is 0.481 e. The maximum Gasteiger partial charge on any atom is 0.335 e. The van der Waals surface area contributed by atoms with Crippen LogP contribution in [0.15, 0.2) is 29.2 Å². The van der Waals surface area contributed by atoms with Gasteiger partial charge in [0.25, 0.3) is 0 Å². The number of carboxylic acids is 3. The Labute approximate surface area is 113 Å². The molecule has 0 aliphatic carbocycles. The first-order chi connectivity index (χ1) is 9.16. The minimum Gasteiger partial charge on any atom is -0.481 e. The zero-order valence-corrected chi connectivity index (χ0v) is 10.7. The number of rotatable bonds is 6. The molecule has 0 aliphatic heterocycles. The van der Waals surface area contributed by atoms with E-state index in [9.17, 15) is 22.8 Å². The molecule has 0 spiro atoms. The molecule has 20 heavy (non-hydrogen) atoms. The van der Waals surface area contributed by atoms with Gasteiger partial charge >= 0.3 is 17.9 Å². The summed E-state index contributed by atoms with van der Waals surface area (Å²) in [5.74, 6) is -4.78. The zero-order chi connectivity index (χ0) is 15.5. The molecule has 0 aliphatic rings. The SMILES string of the molecule is O=C(O)CC(C(=O)O)S(=O)(=O)c1cccc(C(=O)O)c1. The van der Waals surface area contributed by atoms with Gasteiger partial charge in [0, 0.05) is 0 Å². The third-order valence-electron chi connectivity index (χ3n) is 2.42. The maximum atomic E-state index is 12.0. The van der Waals surface area contributed by atoms with E-state index >= 15 is 0 Å². The van der Waals surface area contributed by atoms with Crippen LogP contribution in [0.4, 0.5) is 0 Å². The lowest BCUT2D eigenvalue weighted by Crippen LogP contribution is -2.32. The van der Waals surface area contributed by atoms with Crippen molar-refractivity contribution in [1.82, 2.24) is 0 Å². The van der Waals surface area contributed by atoms with Gasteiger partial charge in [0.1, 0.15) is 0 Å². The fraction of sp³-hybridized carbons (Fsp3) is 0.182. The normalized spacial score (nSPS) is 12.6. The van der Waals surface area contributed by atoms with Crippen molar-refractivity contribution < 1.29 is 38.1 Å². The second-order valence-electron chi connectivity index (χ2n) is 3.80. The van der Waals surface area contributed by atoms with Crippen LogP contribution < -0.4 is 0 Å². The van der Waals surface area contributed by atoms with Crippen molar-refractivity contribution in [2.45, 2.75) is 16.6 Å². The molecule has 0 heterocycles. The summed E-state index contributed by atoms with van der Waals surface area (Å²) in [5.41, 5.74) is -0.342. The highest BCUT2D eigenvalue weighted by atomic mass is 32.2. The molecular weight excluding hydrogens is 292 g/mol. The summed E-state index contributed by atoms with van der Waals surface area (Å²) in [6, 6.07) is 4.07. The van der Waals surface area contributed by atoms with Crippen LogP contribution in [0.25, 0.3) is 0 Å². The van der Waals surface area contributed by atoms with Gasteiger partial charge < -0.3 is 15.3 Å². The molecule has 108 valence electrons. The number of sulfone groups is 1. The smallest absolute Gasteiger partial charge is 0.335 e. The molecule has 1 unspecified atom stereocenters. The van der Waals surface area contributed by atoms with Crippen molar-refractivity contribution in [2.24, 2.45) is 0 Å². The minimum atomic E-state index is -4.50. The van der Waals surface area contributed by atoms with Gasteiger partial charge in [-0.3, -0.25) is 9.59 Å². The Morgan fingerprint density at radius 2 is 1.70 bits per heavy atom. The summed E-state index contributed by atoms with van der Waals surface area (Å²) in [4.78, 5) is 31.7. The van der Waals surface area contributed by atoms with Gasteiger partial charge in [0.05, 0.1) is 16.9 Å². The molecule has 1 aromatic rings. The van der Waals surface area contributed by atoms with E-state index in [1.54, 1.807) is 0 Å². The number of hydrogen-bond donors (Lipinski definition) is 3. The Kier molecular flexibility index (Phi) is 4.45. The summed E-state index contributed by atoms with van der Waals surface area (Å²) in [7, 11) is -4.50. The van der Waals surface area contributed by atoms with Crippen molar-refractivity contribution in [3.05, 3.63) is 29.8 Å². The number of aromatic carboxylic acids is 1. The molecular formula is C11H10O8S. The second-order valence-corrected chi connectivity index (χ2v) is 5.93. The first kappa shape index (κ1) is 15.6. The average molecular weight is 302 g/mol. The predicted molar refractivity (Wildman–Crippen MR) is 64.3 cm³/mol. The highest BCUT2D eigenvalue weighted by Crippen LogP contribution is 2.20. The summed E-state index contributed by atoms with van der Waals surface area (Å²) in [6.07, 6.45) is -1.12. The molecule has 9 heteroatoms. The molecule has 1 aromatic carbocycles. The van der Waals surface area contributed by atoms with E-state index in [1.807, 2.05) is 0 Å². The molecule has 1 atom stereocenters. The van der Waals surface area contributed by atoms with Gasteiger partial charge in [-0.15, -0.1) is 0 Å². The molecule has 0 aromatic heterocycles. The van der Waals surface area contributed by atoms with Crippen molar-refractivity contribution >= 4 is 27.7 Å². The Morgan fingerprint density at radius 3 is 2.15 bits per heavy atom. The van der Waals surface area contributed by atoms with E-state index in [-0.39, 0.29) is 5.56 Å². The van der Waals surface area contributed by atoms with E-state index < -0.39 is 44.3 Å². The second kappa shape index (κ2) is 5.70. The fourth-order valence-electron chi connectivity index (χ4n) is 1.46. The molecule has 0 bridgehead atoms. The monoisotopic (exact) mass is 302 g/mol. The fourth-order valence-corrected chi connectivity index (χ4v) is 2.97. The van der Waals surface area contributed by atoms with Crippen LogP contribution in [-0.4, -0.2) is 46.9 Å². The van der Waals surface area contributed by atoms with Gasteiger partial charge in [-0.05, 0) is 18.2 Å². The van der Waals surface area contributed by atoms with Crippen LogP contribution in [0.3, 0.4) is 0 Å². The topological polar surface area (TPSA) is 146 Å². The maximum absolute atomic E-state index is 12.0. The highest BCUT2D eigenvalue weighted by molar-refractivity contribution is 7.92. The number of carbonyl (C=O) groups is 3. The standard InChI is InChI=1S/C11H10O8S/c12-9(13)5-8(11(16)17)20(18,19)7-3-1-2-6(4-7)10(14)15/h1-4,8H,5H2,(H,12,13)(H,14,15)(H,16,17). The molecule has 0 saturated carbocycles. The summed E-state index contributed by atoms with van der Waals surface area (Å²) < 4.78 is 24.1. The van der Waals surface area contributed by atoms with Crippen LogP contribution in [-0.2, 0) is 19.4 Å². The van der Waals surface area contributed by atoms with Gasteiger partial charge in [-0.25, -0.2) is 13.2 Å². The van der Waals surface area contributed by atoms with E-state index in [0.717, 1.165) is 24.3 Å². The third kappa shape index (κ3) is 3.32. The van der Waals surface area contributed by atoms with Crippen LogP contribution in [0.2, 0.25) is 0 Å². The summed E-state index contributed by atoms with van der Waals surface area (Å²) in [6.45, 7) is 0. The van der Waals surface area contributed by atoms with Crippen LogP contribution in [0, 0.1) is 0 Å². The predicted octanol–water partition coefficient (Wildman–Crippen LogP) is 0.0864. The van der Waals surface area contributed by atoms with Crippen LogP contribution in [0.5, 0.6) is 0 Å². The molecule has 1 rings (SSSR count). The van der Waals surface area contributed by atoms with Crippen molar-refractivity contribution in [3.63, 3.8) is 0 Å². The Morgan fingerprint density at radius 1 is 1.10 bits per heavy atom. The first-order valence-electron chi connectivity index (χ1n) is 5.18. The van der Waals surface area contributed by atoms with Crippen molar-refractivity contribution in [2.75, 3.05) is 0 Å². The highest BCUT2D eigenvalue weighted by Gasteiger charge is 2.36. The number of benzene rings is 1. The number of aliphatic carboxylic acids is 2. The zero-order valence-electron chi connectivity index (χ0n) is 9.88. The van der Waals surface area contributed by atoms with E-state index in [1.165, 1.54) is 0 Å². The summed E-state index contributed by atoms with van der Waals surface area (Å²) >= 11 is 0. The minimum absolute atomic E-state index is 0.342. The van der Waals surface area contributed by atoms with Crippen molar-refractivity contribution in [1.29, 1.82) is 0 Å². The van der Waals surface area contributed by atoms with Crippen molar-refractivity contribution in [3.8, 4) is 0 Å². The third-order valence-corrected chi connectivity index (χ3v) is 4.45. The Balaban J connectivity index is 3.33. The van der Waals surface area contributed by atoms with E-state index in [4.69, 9.17) is 15.3 Å². The molecule has 3 N–H and O–H groups in total. The molecule has 0 radical (unpaired) electrons. The van der Waals surface area contributed by atoms with Gasteiger partial charge in [0.2, 0.25) is 0 Å². The summed E-state index contributed by atoms with van der Waals surface area (Å²) in [5, 5.41) is 24.0. The van der Waals surface area contributed by atoms with E-state index in [0.29, 0.717) is 0 Å². The Bertz CT molecular complexity index is 661. The molecule has 0 saturated heterocycles. The number of carboxylic acid groups (broad SMARTS) is 3. The quantitative estimate of drug-likeness (QED) is 0.669. The van der Waals surface area contributed by atoms with Crippen LogP contribution in [0.1, 0.15) is 16.8 Å². The van der Waals surface area contributed by atoms with Gasteiger partial charge in [-0.2, -0.15) is 0 Å². The first-order valence-corrected chi connectivity index (χ1v) is 6.72. The Hall–Kier alpha value is -2.42. The van der Waals surface area contributed by atoms with Crippen LogP contribution >= 0.6 is 0 Å². The number of hydrogen-bond acceptors (Lipinski definition) is 5. The average Bonchev–Trinajstić information content (AvgIpc) is 2.35.